The van der Waals surface area contributed by atoms with Gasteiger partial charge in [-0.05, 0) is 12.0 Å². The lowest BCUT2D eigenvalue weighted by Gasteiger charge is -2.08. The van der Waals surface area contributed by atoms with E-state index in [-0.39, 0.29) is 24.3 Å². The fraction of sp³-hybridized carbons (Fsp3) is 0.353. The molecule has 6 nitrogen and oxygen atoms in total. The Kier molecular flexibility index (Phi) is 6.89. The van der Waals surface area contributed by atoms with Gasteiger partial charge in [0.1, 0.15) is 5.01 Å². The Morgan fingerprint density at radius 1 is 1.21 bits per heavy atom. The first-order chi connectivity index (χ1) is 11.5. The molecule has 1 aromatic carbocycles. The van der Waals surface area contributed by atoms with Gasteiger partial charge in [-0.1, -0.05) is 30.3 Å². The van der Waals surface area contributed by atoms with Crippen molar-refractivity contribution in [2.45, 2.75) is 25.8 Å². The van der Waals surface area contributed by atoms with E-state index in [4.69, 9.17) is 5.73 Å². The molecule has 0 spiro atoms. The van der Waals surface area contributed by atoms with Crippen molar-refractivity contribution >= 4 is 23.2 Å². The predicted molar refractivity (Wildman–Crippen MR) is 94.6 cm³/mol. The Labute approximate surface area is 145 Å². The van der Waals surface area contributed by atoms with Crippen LogP contribution in [-0.2, 0) is 22.4 Å². The summed E-state index contributed by atoms with van der Waals surface area (Å²) in [7, 11) is 0. The van der Waals surface area contributed by atoms with Gasteiger partial charge in [-0.3, -0.25) is 9.59 Å². The number of carbonyl (C=O) groups excluding carboxylic acids is 2. The zero-order valence-corrected chi connectivity index (χ0v) is 14.4. The van der Waals surface area contributed by atoms with E-state index >= 15 is 0 Å². The van der Waals surface area contributed by atoms with Gasteiger partial charge in [-0.25, -0.2) is 4.98 Å². The molecular formula is C17H22N4O2S. The number of nitrogens with one attached hydrogen (secondary N) is 2. The SMILES string of the molecule is CC(=O)NCCNC(=O)Cc1csc(C(N)Cc2ccccc2)n1. The molecule has 2 amide bonds. The molecule has 0 aliphatic heterocycles. The van der Waals surface area contributed by atoms with Gasteiger partial charge in [0, 0.05) is 25.4 Å². The van der Waals surface area contributed by atoms with Crippen molar-refractivity contribution in [2.75, 3.05) is 13.1 Å². The maximum atomic E-state index is 11.8. The van der Waals surface area contributed by atoms with E-state index < -0.39 is 0 Å². The van der Waals surface area contributed by atoms with Crippen molar-refractivity contribution in [3.63, 3.8) is 0 Å². The molecule has 0 radical (unpaired) electrons. The third kappa shape index (κ3) is 6.10. The van der Waals surface area contributed by atoms with Crippen LogP contribution < -0.4 is 16.4 Å². The van der Waals surface area contributed by atoms with E-state index in [0.717, 1.165) is 22.7 Å². The van der Waals surface area contributed by atoms with Gasteiger partial charge in [0.2, 0.25) is 11.8 Å². The molecule has 2 rings (SSSR count). The molecule has 7 heteroatoms. The van der Waals surface area contributed by atoms with Crippen molar-refractivity contribution in [1.82, 2.24) is 15.6 Å². The van der Waals surface area contributed by atoms with Crippen LogP contribution in [0.2, 0.25) is 0 Å². The molecule has 1 unspecified atom stereocenters. The molecular weight excluding hydrogens is 324 g/mol. The van der Waals surface area contributed by atoms with Crippen LogP contribution in [0.25, 0.3) is 0 Å². The van der Waals surface area contributed by atoms with Gasteiger partial charge in [0.15, 0.2) is 0 Å². The summed E-state index contributed by atoms with van der Waals surface area (Å²) in [5.41, 5.74) is 8.09. The summed E-state index contributed by atoms with van der Waals surface area (Å²) < 4.78 is 0. The van der Waals surface area contributed by atoms with Crippen molar-refractivity contribution < 1.29 is 9.59 Å². The van der Waals surface area contributed by atoms with Crippen LogP contribution in [0.4, 0.5) is 0 Å². The molecule has 2 aromatic rings. The van der Waals surface area contributed by atoms with E-state index in [1.807, 2.05) is 35.7 Å². The van der Waals surface area contributed by atoms with Crippen LogP contribution in [0.5, 0.6) is 0 Å². The Morgan fingerprint density at radius 2 is 1.92 bits per heavy atom. The maximum absolute atomic E-state index is 11.8. The molecule has 0 saturated heterocycles. The van der Waals surface area contributed by atoms with E-state index in [1.165, 1.54) is 18.3 Å². The largest absolute Gasteiger partial charge is 0.355 e. The summed E-state index contributed by atoms with van der Waals surface area (Å²) in [6.45, 7) is 2.27. The molecule has 0 saturated carbocycles. The highest BCUT2D eigenvalue weighted by molar-refractivity contribution is 7.09. The highest BCUT2D eigenvalue weighted by Crippen LogP contribution is 2.20. The van der Waals surface area contributed by atoms with Gasteiger partial charge < -0.3 is 16.4 Å². The number of nitrogens with two attached hydrogens (primary N) is 1. The molecule has 0 aliphatic carbocycles. The number of carbonyl (C=O) groups is 2. The van der Waals surface area contributed by atoms with Gasteiger partial charge in [0.05, 0.1) is 18.2 Å². The third-order valence-corrected chi connectivity index (χ3v) is 4.37. The molecule has 1 aromatic heterocycles. The summed E-state index contributed by atoms with van der Waals surface area (Å²) in [5.74, 6) is -0.227. The molecule has 0 fully saturated rings. The maximum Gasteiger partial charge on any atom is 0.226 e. The average molecular weight is 346 g/mol. The minimum Gasteiger partial charge on any atom is -0.355 e. The monoisotopic (exact) mass is 346 g/mol. The minimum absolute atomic E-state index is 0.110. The highest BCUT2D eigenvalue weighted by Gasteiger charge is 2.13. The van der Waals surface area contributed by atoms with Crippen LogP contribution in [0.3, 0.4) is 0 Å². The van der Waals surface area contributed by atoms with Crippen molar-refractivity contribution in [3.8, 4) is 0 Å². The van der Waals surface area contributed by atoms with Gasteiger partial charge in [-0.2, -0.15) is 0 Å². The number of amides is 2. The van der Waals surface area contributed by atoms with Crippen LogP contribution in [0, 0.1) is 0 Å². The average Bonchev–Trinajstić information content (AvgIpc) is 3.01. The summed E-state index contributed by atoms with van der Waals surface area (Å²) in [5, 5.41) is 8.07. The number of aromatic nitrogens is 1. The zero-order valence-electron chi connectivity index (χ0n) is 13.6. The Balaban J connectivity index is 1.79. The van der Waals surface area contributed by atoms with Crippen LogP contribution in [-0.4, -0.2) is 29.9 Å². The second-order valence-corrected chi connectivity index (χ2v) is 6.37. The van der Waals surface area contributed by atoms with Crippen LogP contribution in [0.1, 0.15) is 29.2 Å². The van der Waals surface area contributed by atoms with E-state index in [0.29, 0.717) is 13.1 Å². The summed E-state index contributed by atoms with van der Waals surface area (Å²) in [4.78, 5) is 27.0. The topological polar surface area (TPSA) is 97.1 Å². The Morgan fingerprint density at radius 3 is 2.62 bits per heavy atom. The molecule has 0 aliphatic rings. The molecule has 1 atom stereocenters. The first kappa shape index (κ1) is 18.1. The molecule has 24 heavy (non-hydrogen) atoms. The Bertz CT molecular complexity index is 672. The second-order valence-electron chi connectivity index (χ2n) is 5.48. The van der Waals surface area contributed by atoms with Gasteiger partial charge in [0.25, 0.3) is 0 Å². The van der Waals surface area contributed by atoms with E-state index in [2.05, 4.69) is 15.6 Å². The first-order valence-electron chi connectivity index (χ1n) is 7.79. The lowest BCUT2D eigenvalue weighted by molar-refractivity contribution is -0.121. The van der Waals surface area contributed by atoms with Gasteiger partial charge >= 0.3 is 0 Å². The number of hydrogen-bond donors (Lipinski definition) is 3. The van der Waals surface area contributed by atoms with Crippen molar-refractivity contribution in [2.24, 2.45) is 5.73 Å². The molecule has 0 bridgehead atoms. The molecule has 128 valence electrons. The number of thiazole rings is 1. The summed E-state index contributed by atoms with van der Waals surface area (Å²) in [6, 6.07) is 9.85. The highest BCUT2D eigenvalue weighted by atomic mass is 32.1. The number of benzene rings is 1. The van der Waals surface area contributed by atoms with Crippen LogP contribution >= 0.6 is 11.3 Å². The quantitative estimate of drug-likeness (QED) is 0.625. The minimum atomic E-state index is -0.172. The fourth-order valence-electron chi connectivity index (χ4n) is 2.20. The summed E-state index contributed by atoms with van der Waals surface area (Å²) >= 11 is 1.48. The van der Waals surface area contributed by atoms with Crippen molar-refractivity contribution in [3.05, 3.63) is 52.0 Å². The van der Waals surface area contributed by atoms with E-state index in [9.17, 15) is 9.59 Å². The summed E-state index contributed by atoms with van der Waals surface area (Å²) in [6.07, 6.45) is 0.936. The third-order valence-electron chi connectivity index (χ3n) is 3.35. The van der Waals surface area contributed by atoms with Crippen molar-refractivity contribution in [1.29, 1.82) is 0 Å². The van der Waals surface area contributed by atoms with Gasteiger partial charge in [-0.15, -0.1) is 11.3 Å². The zero-order chi connectivity index (χ0) is 17.4. The Hall–Kier alpha value is -2.25. The number of rotatable bonds is 8. The normalized spacial score (nSPS) is 11.8. The van der Waals surface area contributed by atoms with Crippen LogP contribution in [0.15, 0.2) is 35.7 Å². The standard InChI is InChI=1S/C17H22N4O2S/c1-12(22)19-7-8-20-16(23)10-14-11-24-17(21-14)15(18)9-13-5-3-2-4-6-13/h2-6,11,15H,7-10,18H2,1H3,(H,19,22)(H,20,23). The number of hydrogen-bond acceptors (Lipinski definition) is 5. The number of nitrogens with zero attached hydrogens (tertiary/aromatic N) is 1. The lowest BCUT2D eigenvalue weighted by atomic mass is 10.1. The lowest BCUT2D eigenvalue weighted by Crippen LogP contribution is -2.34. The predicted octanol–water partition coefficient (Wildman–Crippen LogP) is 1.18. The molecule has 4 N–H and O–H groups in total. The van der Waals surface area contributed by atoms with E-state index in [1.54, 1.807) is 0 Å². The first-order valence-corrected chi connectivity index (χ1v) is 8.67. The molecule has 1 heterocycles. The second kappa shape index (κ2) is 9.14. The smallest absolute Gasteiger partial charge is 0.226 e. The fourth-order valence-corrected chi connectivity index (χ4v) is 3.02.